The van der Waals surface area contributed by atoms with Crippen molar-refractivity contribution in [1.82, 2.24) is 4.98 Å². The van der Waals surface area contributed by atoms with Gasteiger partial charge in [-0.15, -0.1) is 0 Å². The number of carbonyl (C=O) groups excluding carboxylic acids is 1. The Hall–Kier alpha value is -1.22. The van der Waals surface area contributed by atoms with Crippen LogP contribution >= 0.6 is 0 Å². The van der Waals surface area contributed by atoms with E-state index in [0.29, 0.717) is 6.42 Å². The summed E-state index contributed by atoms with van der Waals surface area (Å²) in [5.41, 5.74) is 7.90. The Labute approximate surface area is 96.1 Å². The zero-order valence-electron chi connectivity index (χ0n) is 9.65. The molecule has 1 aliphatic rings. The van der Waals surface area contributed by atoms with Crippen LogP contribution in [0.1, 0.15) is 43.4 Å². The predicted octanol–water partition coefficient (Wildman–Crippen LogP) is 1.81. The molecule has 2 unspecified atom stereocenters. The second kappa shape index (κ2) is 4.74. The lowest BCUT2D eigenvalue weighted by Gasteiger charge is -2.23. The number of rotatable bonds is 3. The number of ketones is 1. The molecular weight excluding hydrogens is 200 g/mol. The third-order valence-corrected chi connectivity index (χ3v) is 3.11. The Bertz CT molecular complexity index is 387. The molecule has 16 heavy (non-hydrogen) atoms. The number of Topliss-reactive ketones (excluding diaryl/α,β-unsaturated/α-hetero) is 1. The molecule has 0 fully saturated rings. The van der Waals surface area contributed by atoms with Gasteiger partial charge in [-0.3, -0.25) is 9.78 Å². The summed E-state index contributed by atoms with van der Waals surface area (Å²) in [6.45, 7) is 1.88. The summed E-state index contributed by atoms with van der Waals surface area (Å²) in [4.78, 5) is 16.4. The van der Waals surface area contributed by atoms with Crippen LogP contribution in [0.3, 0.4) is 0 Å². The second-order valence-corrected chi connectivity index (χ2v) is 4.64. The first-order valence-corrected chi connectivity index (χ1v) is 5.90. The first-order valence-electron chi connectivity index (χ1n) is 5.90. The number of hydrogen-bond acceptors (Lipinski definition) is 3. The summed E-state index contributed by atoms with van der Waals surface area (Å²) in [6, 6.07) is 3.96. The summed E-state index contributed by atoms with van der Waals surface area (Å²) in [5, 5.41) is 0. The molecule has 0 aromatic carbocycles. The Balaban J connectivity index is 2.21. The number of nitrogens with zero attached hydrogens (tertiary/aromatic N) is 1. The van der Waals surface area contributed by atoms with Crippen molar-refractivity contribution in [1.29, 1.82) is 0 Å². The Morgan fingerprint density at radius 3 is 3.25 bits per heavy atom. The number of hydrogen-bond donors (Lipinski definition) is 1. The number of pyridine rings is 1. The molecular formula is C13H18N2O. The van der Waals surface area contributed by atoms with Crippen LogP contribution in [0.25, 0.3) is 0 Å². The molecule has 86 valence electrons. The highest BCUT2D eigenvalue weighted by molar-refractivity contribution is 5.86. The van der Waals surface area contributed by atoms with Crippen molar-refractivity contribution in [2.75, 3.05) is 0 Å². The lowest BCUT2D eigenvalue weighted by atomic mass is 9.82. The zero-order chi connectivity index (χ0) is 11.5. The Morgan fingerprint density at radius 2 is 2.50 bits per heavy atom. The molecule has 3 heteroatoms. The van der Waals surface area contributed by atoms with Crippen LogP contribution < -0.4 is 5.73 Å². The average Bonchev–Trinajstić information content (AvgIpc) is 2.27. The maximum atomic E-state index is 12.1. The molecule has 2 atom stereocenters. The van der Waals surface area contributed by atoms with Crippen LogP contribution in [-0.2, 0) is 11.2 Å². The number of aryl methyl sites for hydroxylation is 1. The predicted molar refractivity (Wildman–Crippen MR) is 63.2 cm³/mol. The monoisotopic (exact) mass is 218 g/mol. The van der Waals surface area contributed by atoms with E-state index in [-0.39, 0.29) is 17.7 Å². The van der Waals surface area contributed by atoms with E-state index in [1.165, 1.54) is 5.56 Å². The molecule has 2 rings (SSSR count). The minimum atomic E-state index is -0.0541. The van der Waals surface area contributed by atoms with Gasteiger partial charge in [0.15, 0.2) is 0 Å². The van der Waals surface area contributed by atoms with E-state index in [4.69, 9.17) is 5.73 Å². The van der Waals surface area contributed by atoms with Crippen LogP contribution in [-0.4, -0.2) is 16.8 Å². The minimum Gasteiger partial charge on any atom is -0.328 e. The standard InChI is InChI=1S/C13H18N2O/c1-9(14)8-12(16)11-6-2-4-10-5-3-7-15-13(10)11/h3,5,7,9,11H,2,4,6,8,14H2,1H3. The van der Waals surface area contributed by atoms with Crippen molar-refractivity contribution in [3.8, 4) is 0 Å². The first-order chi connectivity index (χ1) is 7.68. The van der Waals surface area contributed by atoms with Gasteiger partial charge in [-0.25, -0.2) is 0 Å². The van der Waals surface area contributed by atoms with Gasteiger partial charge < -0.3 is 5.73 Å². The highest BCUT2D eigenvalue weighted by Gasteiger charge is 2.27. The molecule has 3 nitrogen and oxygen atoms in total. The molecule has 0 saturated heterocycles. The molecule has 0 spiro atoms. The summed E-state index contributed by atoms with van der Waals surface area (Å²) >= 11 is 0. The molecule has 1 aromatic rings. The largest absolute Gasteiger partial charge is 0.328 e. The van der Waals surface area contributed by atoms with Crippen molar-refractivity contribution >= 4 is 5.78 Å². The van der Waals surface area contributed by atoms with Gasteiger partial charge in [0, 0.05) is 18.7 Å². The van der Waals surface area contributed by atoms with E-state index in [9.17, 15) is 4.79 Å². The van der Waals surface area contributed by atoms with Gasteiger partial charge in [0.1, 0.15) is 5.78 Å². The quantitative estimate of drug-likeness (QED) is 0.841. The molecule has 1 aliphatic carbocycles. The summed E-state index contributed by atoms with van der Waals surface area (Å²) in [6.07, 6.45) is 5.28. The van der Waals surface area contributed by atoms with Gasteiger partial charge in [-0.1, -0.05) is 6.07 Å². The fourth-order valence-electron chi connectivity index (χ4n) is 2.38. The van der Waals surface area contributed by atoms with E-state index in [1.54, 1.807) is 6.20 Å². The zero-order valence-corrected chi connectivity index (χ0v) is 9.65. The fraction of sp³-hybridized carbons (Fsp3) is 0.538. The molecule has 2 N–H and O–H groups in total. The van der Waals surface area contributed by atoms with Gasteiger partial charge in [-0.2, -0.15) is 0 Å². The van der Waals surface area contributed by atoms with Gasteiger partial charge >= 0.3 is 0 Å². The third kappa shape index (κ3) is 2.30. The lowest BCUT2D eigenvalue weighted by molar-refractivity contribution is -0.121. The summed E-state index contributed by atoms with van der Waals surface area (Å²) in [5.74, 6) is 0.227. The number of nitrogens with two attached hydrogens (primary N) is 1. The SMILES string of the molecule is CC(N)CC(=O)C1CCCc2cccnc21. The maximum Gasteiger partial charge on any atom is 0.143 e. The van der Waals surface area contributed by atoms with Gasteiger partial charge in [0.05, 0.1) is 11.6 Å². The molecule has 1 heterocycles. The highest BCUT2D eigenvalue weighted by Crippen LogP contribution is 2.31. The number of aromatic nitrogens is 1. The topological polar surface area (TPSA) is 56.0 Å². The minimum absolute atomic E-state index is 0.0176. The van der Waals surface area contributed by atoms with Crippen LogP contribution in [0.4, 0.5) is 0 Å². The molecule has 0 saturated carbocycles. The van der Waals surface area contributed by atoms with E-state index in [1.807, 2.05) is 13.0 Å². The molecule has 0 amide bonds. The fourth-order valence-corrected chi connectivity index (χ4v) is 2.38. The summed E-state index contributed by atoms with van der Waals surface area (Å²) in [7, 11) is 0. The van der Waals surface area contributed by atoms with Crippen molar-refractivity contribution < 1.29 is 4.79 Å². The van der Waals surface area contributed by atoms with Crippen molar-refractivity contribution in [2.24, 2.45) is 5.73 Å². The molecule has 1 aromatic heterocycles. The van der Waals surface area contributed by atoms with Crippen LogP contribution in [0.2, 0.25) is 0 Å². The first kappa shape index (κ1) is 11.3. The smallest absolute Gasteiger partial charge is 0.143 e. The molecule has 0 radical (unpaired) electrons. The normalized spacial score (nSPS) is 21.2. The maximum absolute atomic E-state index is 12.1. The lowest BCUT2D eigenvalue weighted by Crippen LogP contribution is -2.26. The van der Waals surface area contributed by atoms with Gasteiger partial charge in [0.25, 0.3) is 0 Å². The van der Waals surface area contributed by atoms with Crippen molar-refractivity contribution in [3.63, 3.8) is 0 Å². The van der Waals surface area contributed by atoms with Gasteiger partial charge in [-0.05, 0) is 37.8 Å². The Kier molecular flexibility index (Phi) is 3.34. The van der Waals surface area contributed by atoms with Crippen molar-refractivity contribution in [3.05, 3.63) is 29.6 Å². The summed E-state index contributed by atoms with van der Waals surface area (Å²) < 4.78 is 0. The third-order valence-electron chi connectivity index (χ3n) is 3.11. The van der Waals surface area contributed by atoms with E-state index in [2.05, 4.69) is 11.1 Å². The van der Waals surface area contributed by atoms with E-state index < -0.39 is 0 Å². The average molecular weight is 218 g/mol. The van der Waals surface area contributed by atoms with E-state index in [0.717, 1.165) is 25.0 Å². The van der Waals surface area contributed by atoms with Crippen molar-refractivity contribution in [2.45, 2.75) is 44.6 Å². The van der Waals surface area contributed by atoms with Gasteiger partial charge in [0.2, 0.25) is 0 Å². The number of fused-ring (bicyclic) bond motifs is 1. The van der Waals surface area contributed by atoms with Crippen LogP contribution in [0.15, 0.2) is 18.3 Å². The number of carbonyl (C=O) groups is 1. The molecule has 0 bridgehead atoms. The van der Waals surface area contributed by atoms with Crippen LogP contribution in [0, 0.1) is 0 Å². The molecule has 0 aliphatic heterocycles. The second-order valence-electron chi connectivity index (χ2n) is 4.64. The Morgan fingerprint density at radius 1 is 1.69 bits per heavy atom. The van der Waals surface area contributed by atoms with E-state index >= 15 is 0 Å². The highest BCUT2D eigenvalue weighted by atomic mass is 16.1. The van der Waals surface area contributed by atoms with Crippen LogP contribution in [0.5, 0.6) is 0 Å².